The van der Waals surface area contributed by atoms with Crippen LogP contribution >= 0.6 is 0 Å². The molecule has 1 aromatic carbocycles. The van der Waals surface area contributed by atoms with Gasteiger partial charge >= 0.3 is 12.1 Å². The fourth-order valence-corrected chi connectivity index (χ4v) is 3.08. The standard InChI is InChI=1S/C24H35N3O8/c1-6-13-27(22(32)18(15-28)26-23(33)35-24(3,4)5)20(16-9-8-10-17(29)14-16)21(31)25-12-11-19(30)34-7-2/h6,8-10,14,18,20,28-29H,1,7,11-13,15H2,2-5H3,(H,25,31)(H,26,33). The third-order valence-electron chi connectivity index (χ3n) is 4.46. The molecular formula is C24H35N3O8. The summed E-state index contributed by atoms with van der Waals surface area (Å²) in [6, 6.07) is 3.06. The molecule has 194 valence electrons. The van der Waals surface area contributed by atoms with Crippen LogP contribution in [-0.4, -0.2) is 76.9 Å². The molecule has 35 heavy (non-hydrogen) atoms. The highest BCUT2D eigenvalue weighted by Gasteiger charge is 2.35. The third-order valence-corrected chi connectivity index (χ3v) is 4.46. The molecule has 0 aromatic heterocycles. The van der Waals surface area contributed by atoms with Crippen LogP contribution in [0.25, 0.3) is 0 Å². The lowest BCUT2D eigenvalue weighted by Gasteiger charge is -2.33. The molecule has 4 N–H and O–H groups in total. The van der Waals surface area contributed by atoms with Gasteiger partial charge in [0.15, 0.2) is 0 Å². The molecule has 0 aliphatic rings. The van der Waals surface area contributed by atoms with Crippen LogP contribution in [0.4, 0.5) is 4.79 Å². The summed E-state index contributed by atoms with van der Waals surface area (Å²) in [6.07, 6.45) is 0.374. The fraction of sp³-hybridized carbons (Fsp3) is 0.500. The Morgan fingerprint density at radius 2 is 1.91 bits per heavy atom. The molecule has 1 aromatic rings. The summed E-state index contributed by atoms with van der Waals surface area (Å²) in [7, 11) is 0. The Morgan fingerprint density at radius 3 is 2.46 bits per heavy atom. The molecular weight excluding hydrogens is 458 g/mol. The van der Waals surface area contributed by atoms with Crippen molar-refractivity contribution in [1.29, 1.82) is 0 Å². The van der Waals surface area contributed by atoms with Gasteiger partial charge in [0.25, 0.3) is 0 Å². The van der Waals surface area contributed by atoms with Gasteiger partial charge in [-0.25, -0.2) is 4.79 Å². The molecule has 3 amide bonds. The minimum absolute atomic E-state index is 0.0529. The molecule has 2 unspecified atom stereocenters. The number of nitrogens with zero attached hydrogens (tertiary/aromatic N) is 1. The minimum atomic E-state index is -1.42. The van der Waals surface area contributed by atoms with Crippen molar-refractivity contribution in [2.75, 3.05) is 26.3 Å². The van der Waals surface area contributed by atoms with E-state index in [-0.39, 0.29) is 37.4 Å². The monoisotopic (exact) mass is 493 g/mol. The number of esters is 1. The number of aliphatic hydroxyl groups is 1. The van der Waals surface area contributed by atoms with Crippen molar-refractivity contribution in [3.8, 4) is 5.75 Å². The molecule has 11 heteroatoms. The fourth-order valence-electron chi connectivity index (χ4n) is 3.08. The van der Waals surface area contributed by atoms with Crippen molar-refractivity contribution < 1.29 is 38.9 Å². The summed E-state index contributed by atoms with van der Waals surface area (Å²) < 4.78 is 10.0. The number of benzene rings is 1. The quantitative estimate of drug-likeness (QED) is 0.252. The maximum absolute atomic E-state index is 13.4. The van der Waals surface area contributed by atoms with Gasteiger partial charge in [-0.15, -0.1) is 6.58 Å². The van der Waals surface area contributed by atoms with Crippen molar-refractivity contribution in [2.24, 2.45) is 0 Å². The zero-order valence-electron chi connectivity index (χ0n) is 20.6. The number of carbonyl (C=O) groups is 4. The number of ether oxygens (including phenoxy) is 2. The van der Waals surface area contributed by atoms with Crippen molar-refractivity contribution in [1.82, 2.24) is 15.5 Å². The number of aliphatic hydroxyl groups excluding tert-OH is 1. The smallest absolute Gasteiger partial charge is 0.408 e. The Balaban J connectivity index is 3.24. The number of phenolic OH excluding ortho intramolecular Hbond substituents is 1. The molecule has 0 saturated heterocycles. The predicted octanol–water partition coefficient (Wildman–Crippen LogP) is 1.40. The van der Waals surface area contributed by atoms with Crippen LogP contribution in [-0.2, 0) is 23.9 Å². The SMILES string of the molecule is C=CCN(C(=O)C(CO)NC(=O)OC(C)(C)C)C(C(=O)NCCC(=O)OCC)c1cccc(O)c1. The van der Waals surface area contributed by atoms with Gasteiger partial charge in [-0.1, -0.05) is 18.2 Å². The molecule has 0 spiro atoms. The van der Waals surface area contributed by atoms with Crippen molar-refractivity contribution >= 4 is 23.9 Å². The largest absolute Gasteiger partial charge is 0.508 e. The highest BCUT2D eigenvalue weighted by Crippen LogP contribution is 2.25. The molecule has 11 nitrogen and oxygen atoms in total. The Morgan fingerprint density at radius 1 is 1.23 bits per heavy atom. The summed E-state index contributed by atoms with van der Waals surface area (Å²) in [5, 5.41) is 24.7. The normalized spacial score (nSPS) is 12.6. The van der Waals surface area contributed by atoms with Crippen LogP contribution in [0, 0.1) is 0 Å². The topological polar surface area (TPSA) is 154 Å². The summed E-state index contributed by atoms with van der Waals surface area (Å²) >= 11 is 0. The van der Waals surface area contributed by atoms with Crippen molar-refractivity contribution in [3.05, 3.63) is 42.5 Å². The van der Waals surface area contributed by atoms with E-state index in [9.17, 15) is 29.4 Å². The van der Waals surface area contributed by atoms with Gasteiger partial charge in [0, 0.05) is 13.1 Å². The van der Waals surface area contributed by atoms with Crippen LogP contribution in [0.5, 0.6) is 5.75 Å². The van der Waals surface area contributed by atoms with Crippen LogP contribution in [0.15, 0.2) is 36.9 Å². The van der Waals surface area contributed by atoms with E-state index in [1.54, 1.807) is 27.7 Å². The molecule has 0 heterocycles. The maximum atomic E-state index is 13.4. The van der Waals surface area contributed by atoms with Gasteiger partial charge in [0.1, 0.15) is 23.4 Å². The van der Waals surface area contributed by atoms with E-state index < -0.39 is 48.2 Å². The van der Waals surface area contributed by atoms with E-state index in [4.69, 9.17) is 9.47 Å². The van der Waals surface area contributed by atoms with Crippen LogP contribution < -0.4 is 10.6 Å². The van der Waals surface area contributed by atoms with E-state index in [0.717, 1.165) is 4.90 Å². The number of rotatable bonds is 12. The first-order chi connectivity index (χ1) is 16.4. The first-order valence-corrected chi connectivity index (χ1v) is 11.2. The molecule has 0 aliphatic heterocycles. The zero-order chi connectivity index (χ0) is 26.6. The Bertz CT molecular complexity index is 897. The molecule has 0 fully saturated rings. The summed E-state index contributed by atoms with van der Waals surface area (Å²) in [4.78, 5) is 51.5. The zero-order valence-corrected chi connectivity index (χ0v) is 20.6. The van der Waals surface area contributed by atoms with Gasteiger partial charge in [0.2, 0.25) is 11.8 Å². The van der Waals surface area contributed by atoms with Crippen molar-refractivity contribution in [3.63, 3.8) is 0 Å². The maximum Gasteiger partial charge on any atom is 0.408 e. The average molecular weight is 494 g/mol. The van der Waals surface area contributed by atoms with Crippen LogP contribution in [0.2, 0.25) is 0 Å². The first kappa shape index (κ1) is 29.4. The molecule has 0 aliphatic carbocycles. The average Bonchev–Trinajstić information content (AvgIpc) is 2.75. The lowest BCUT2D eigenvalue weighted by molar-refractivity contribution is -0.144. The molecule has 1 rings (SSSR count). The molecule has 0 saturated carbocycles. The number of amides is 3. The van der Waals surface area contributed by atoms with E-state index in [1.165, 1.54) is 30.3 Å². The molecule has 0 bridgehead atoms. The van der Waals surface area contributed by atoms with E-state index in [2.05, 4.69) is 17.2 Å². The Hall–Kier alpha value is -3.60. The highest BCUT2D eigenvalue weighted by atomic mass is 16.6. The summed E-state index contributed by atoms with van der Waals surface area (Å²) in [5.74, 6) is -2.07. The van der Waals surface area contributed by atoms with Crippen LogP contribution in [0.1, 0.15) is 45.7 Å². The lowest BCUT2D eigenvalue weighted by atomic mass is 10.0. The predicted molar refractivity (Wildman–Crippen MR) is 127 cm³/mol. The number of phenols is 1. The second-order valence-electron chi connectivity index (χ2n) is 8.50. The van der Waals surface area contributed by atoms with E-state index in [0.29, 0.717) is 0 Å². The second kappa shape index (κ2) is 14.0. The molecule has 0 radical (unpaired) electrons. The number of nitrogens with one attached hydrogen (secondary N) is 2. The third kappa shape index (κ3) is 10.0. The van der Waals surface area contributed by atoms with Gasteiger partial charge in [-0.3, -0.25) is 14.4 Å². The number of hydrogen-bond acceptors (Lipinski definition) is 8. The number of hydrogen-bond donors (Lipinski definition) is 4. The van der Waals surface area contributed by atoms with Gasteiger partial charge in [-0.05, 0) is 45.4 Å². The van der Waals surface area contributed by atoms with E-state index in [1.807, 2.05) is 0 Å². The first-order valence-electron chi connectivity index (χ1n) is 11.2. The van der Waals surface area contributed by atoms with Gasteiger partial charge in [-0.2, -0.15) is 0 Å². The van der Waals surface area contributed by atoms with Crippen LogP contribution in [0.3, 0.4) is 0 Å². The summed E-state index contributed by atoms with van der Waals surface area (Å²) in [6.45, 7) is 9.48. The number of carbonyl (C=O) groups excluding carboxylic acids is 4. The van der Waals surface area contributed by atoms with Crippen molar-refractivity contribution in [2.45, 2.75) is 51.8 Å². The van der Waals surface area contributed by atoms with E-state index >= 15 is 0 Å². The molecule has 2 atom stereocenters. The Kier molecular flexibility index (Phi) is 11.7. The number of alkyl carbamates (subject to hydrolysis) is 1. The van der Waals surface area contributed by atoms with Gasteiger partial charge in [0.05, 0.1) is 19.6 Å². The highest BCUT2D eigenvalue weighted by molar-refractivity contribution is 5.92. The summed E-state index contributed by atoms with van der Waals surface area (Å²) in [5.41, 5.74) is -0.570. The number of aromatic hydroxyl groups is 1. The minimum Gasteiger partial charge on any atom is -0.508 e. The second-order valence-corrected chi connectivity index (χ2v) is 8.50. The van der Waals surface area contributed by atoms with Gasteiger partial charge < -0.3 is 35.2 Å². The Labute approximate surface area is 205 Å². The lowest BCUT2D eigenvalue weighted by Crippen LogP contribution is -2.54.